The third-order valence-electron chi connectivity index (χ3n) is 9.01. The molecule has 85 heavy (non-hydrogen) atoms. The maximum atomic E-state index is 11.3. The van der Waals surface area contributed by atoms with Crippen LogP contribution in [0.3, 0.4) is 0 Å². The van der Waals surface area contributed by atoms with Gasteiger partial charge in [-0.15, -0.1) is 0 Å². The highest BCUT2D eigenvalue weighted by atomic mass is 16.6. The summed E-state index contributed by atoms with van der Waals surface area (Å²) in [5.74, 6) is -4.49. The quantitative estimate of drug-likeness (QED) is 0.0497. The van der Waals surface area contributed by atoms with Crippen LogP contribution in [0.1, 0.15) is 147 Å². The van der Waals surface area contributed by atoms with Crippen molar-refractivity contribution in [2.75, 3.05) is 106 Å². The molecular weight excluding hydrogens is 1110 g/mol. The van der Waals surface area contributed by atoms with Gasteiger partial charge in [-0.2, -0.15) is 0 Å². The van der Waals surface area contributed by atoms with Crippen molar-refractivity contribution in [2.24, 2.45) is 0 Å². The van der Waals surface area contributed by atoms with Crippen LogP contribution in [-0.4, -0.2) is 197 Å². The number of likely N-dealkylation sites (tertiary alicyclic amines) is 1. The molecule has 2 atom stereocenters. The number of amides is 3. The van der Waals surface area contributed by atoms with Crippen LogP contribution in [0.4, 0.5) is 0 Å². The fourth-order valence-electron chi connectivity index (χ4n) is 5.30. The summed E-state index contributed by atoms with van der Waals surface area (Å²) in [7, 11) is 0. The molecule has 24 heteroatoms. The van der Waals surface area contributed by atoms with Gasteiger partial charge in [0.1, 0.15) is 52.9 Å². The summed E-state index contributed by atoms with van der Waals surface area (Å²) >= 11 is 0. The van der Waals surface area contributed by atoms with E-state index in [-0.39, 0.29) is 170 Å². The number of morpholine rings is 1. The molecule has 0 bridgehead atoms. The van der Waals surface area contributed by atoms with Crippen molar-refractivity contribution in [1.29, 1.82) is 0 Å². The molecule has 2 unspecified atom stereocenters. The molecule has 4 aliphatic rings. The number of rotatable bonds is 20. The lowest BCUT2D eigenvalue weighted by atomic mass is 10.2. The van der Waals surface area contributed by atoms with Crippen molar-refractivity contribution >= 4 is 59.5 Å². The van der Waals surface area contributed by atoms with Crippen molar-refractivity contribution in [3.8, 4) is 0 Å². The molecule has 506 valence electrons. The molecule has 24 nitrogen and oxygen atoms in total. The number of imide groups is 1. The summed E-state index contributed by atoms with van der Waals surface area (Å²) in [5.41, 5.74) is 0.286. The zero-order valence-corrected chi connectivity index (χ0v) is 41.7. The molecule has 0 spiro atoms. The first kappa shape index (κ1) is 113. The Morgan fingerprint density at radius 2 is 0.906 bits per heavy atom. The molecule has 4 heterocycles. The Balaban J connectivity index is -0.0000000579. The molecule has 4 aliphatic heterocycles. The number of ether oxygens (including phenoxy) is 10. The van der Waals surface area contributed by atoms with E-state index in [1.54, 1.807) is 4.90 Å². The van der Waals surface area contributed by atoms with Crippen LogP contribution in [0.25, 0.3) is 0 Å². The van der Waals surface area contributed by atoms with Crippen LogP contribution in [0, 0.1) is 0 Å². The highest BCUT2D eigenvalue weighted by Crippen LogP contribution is 2.13. The topological polar surface area (TPSA) is 310 Å². The fourth-order valence-corrected chi connectivity index (χ4v) is 5.30. The molecule has 4 fully saturated rings. The molecule has 0 aromatic carbocycles. The average molecular weight is 1230 g/mol. The van der Waals surface area contributed by atoms with Crippen molar-refractivity contribution in [2.45, 2.75) is 160 Å². The van der Waals surface area contributed by atoms with Gasteiger partial charge in [-0.05, 0) is 57.6 Å². The van der Waals surface area contributed by atoms with Gasteiger partial charge in [-0.25, -0.2) is 33.6 Å². The Labute approximate surface area is 513 Å². The minimum atomic E-state index is -0.746. The third-order valence-corrected chi connectivity index (χ3v) is 9.01. The Kier molecular flexibility index (Phi) is 99.9. The van der Waals surface area contributed by atoms with Gasteiger partial charge in [0.05, 0.1) is 25.4 Å². The maximum absolute atomic E-state index is 11.3. The second-order valence-corrected chi connectivity index (χ2v) is 14.7. The zero-order chi connectivity index (χ0) is 55.2. The lowest BCUT2D eigenvalue weighted by Crippen LogP contribution is -2.39. The molecule has 4 rings (SSSR count). The second kappa shape index (κ2) is 75.2. The Bertz CT molecular complexity index is 1790. The first-order chi connectivity index (χ1) is 34.9. The maximum Gasteiger partial charge on any atom is 0.344 e. The van der Waals surface area contributed by atoms with E-state index in [1.165, 1.54) is 24.0 Å². The smallest absolute Gasteiger partial charge is 0.344 e. The van der Waals surface area contributed by atoms with Crippen molar-refractivity contribution < 1.29 is 106 Å². The highest BCUT2D eigenvalue weighted by Gasteiger charge is 2.21. The first-order valence-electron chi connectivity index (χ1n) is 23.0. The molecule has 0 aromatic heterocycles. The van der Waals surface area contributed by atoms with E-state index >= 15 is 0 Å². The molecule has 4 saturated heterocycles. The minimum absolute atomic E-state index is 0. The molecule has 0 saturated carbocycles. The molecule has 0 aromatic rings. The lowest BCUT2D eigenvalue weighted by Gasteiger charge is -2.25. The summed E-state index contributed by atoms with van der Waals surface area (Å²) in [6, 6.07) is 0. The van der Waals surface area contributed by atoms with E-state index in [4.69, 9.17) is 33.9 Å². The van der Waals surface area contributed by atoms with Gasteiger partial charge in [-0.3, -0.25) is 19.3 Å². The van der Waals surface area contributed by atoms with Crippen LogP contribution in [0.5, 0.6) is 0 Å². The van der Waals surface area contributed by atoms with E-state index in [0.717, 1.165) is 69.8 Å². The molecular formula is C61H120N2O22. The number of esters is 7. The van der Waals surface area contributed by atoms with E-state index in [9.17, 15) is 47.9 Å². The van der Waals surface area contributed by atoms with Gasteiger partial charge in [-0.1, -0.05) is 135 Å². The summed E-state index contributed by atoms with van der Waals surface area (Å²) in [4.78, 5) is 110. The Morgan fingerprint density at radius 1 is 0.494 bits per heavy atom. The Morgan fingerprint density at radius 3 is 1.31 bits per heavy atom. The van der Waals surface area contributed by atoms with Gasteiger partial charge in [0.15, 0.2) is 6.61 Å². The predicted molar refractivity (Wildman–Crippen MR) is 338 cm³/mol. The van der Waals surface area contributed by atoms with Crippen LogP contribution in [-0.2, 0) is 95.3 Å². The molecule has 2 N–H and O–H groups in total. The summed E-state index contributed by atoms with van der Waals surface area (Å²) < 4.78 is 47.6. The highest BCUT2D eigenvalue weighted by molar-refractivity contribution is 6.00. The van der Waals surface area contributed by atoms with Gasteiger partial charge < -0.3 is 62.5 Å². The average Bonchev–Trinajstić information content (AvgIpc) is 4.11. The fraction of sp³-hybridized carbons (Fsp3) is 0.639. The van der Waals surface area contributed by atoms with E-state index in [2.05, 4.69) is 63.2 Å². The number of hydrogen-bond acceptors (Lipinski definition) is 22. The predicted octanol–water partition coefficient (Wildman–Crippen LogP) is 8.99. The number of aliphatic hydroxyl groups is 2. The van der Waals surface area contributed by atoms with E-state index in [0.29, 0.717) is 52.5 Å². The van der Waals surface area contributed by atoms with Gasteiger partial charge in [0.25, 0.3) is 5.91 Å². The van der Waals surface area contributed by atoms with E-state index < -0.39 is 49.0 Å². The third kappa shape index (κ3) is 64.6. The van der Waals surface area contributed by atoms with Crippen LogP contribution in [0.2, 0.25) is 0 Å². The monoisotopic (exact) mass is 1230 g/mol. The van der Waals surface area contributed by atoms with Crippen LogP contribution < -0.4 is 0 Å². The van der Waals surface area contributed by atoms with Gasteiger partial charge >= 0.3 is 41.8 Å². The van der Waals surface area contributed by atoms with E-state index in [1.807, 2.05) is 0 Å². The summed E-state index contributed by atoms with van der Waals surface area (Å²) in [6.07, 6.45) is 13.1. The number of nitrogens with zero attached hydrogens (tertiary/aromatic N) is 2. The Hall–Kier alpha value is -6.86. The van der Waals surface area contributed by atoms with Crippen LogP contribution >= 0.6 is 0 Å². The largest absolute Gasteiger partial charge is 0.460 e. The molecule has 3 amide bonds. The SMILES string of the molecule is C.C.C.C.C.C.C.C.C.C.C.C.C=C(C)C(=O)OCCOC(=O)CO.C=CC(=O)N1CCCCCC1=O.C=CC(=O)N1CCOCC1.C=CC(=O)OCC(=O)OCC1CCCO1.C=CC(=O)OCC1CCCO1.C=CC(=O)OCCOC(=O)CO. The van der Waals surface area contributed by atoms with Crippen LogP contribution in [0.15, 0.2) is 75.4 Å². The van der Waals surface area contributed by atoms with Gasteiger partial charge in [0, 0.05) is 63.1 Å². The number of carbonyl (C=O) groups excluding carboxylic acids is 10. The standard InChI is InChI=1S/C10H14O5.C9H13NO2.C8H12O5.C8H12O3.C7H11NO2.C7H10O5.12CH4/c1-2-9(11)15-7-10(12)14-6-8-4-3-5-13-8;1-2-8(11)10-7-5-3-4-6-9(10)12;1-6(2)8(11)13-4-3-12-7(10)5-9;1-2-8(9)11-6-7-4-3-5-10-7;1-2-7(9)8-3-5-10-6-4-8;1-2-6(9)11-3-4-12-7(10)5-8;;;;;;;;;;;;/h2,8H,1,3-7H2;2H,1,3-7H2;9H,1,3-5H2,2H3;2,7H,1,3-6H2;2H,1,3-6H2;2,8H,1,3-5H2;12*1H4. The number of aliphatic hydroxyl groups excluding tert-OH is 2. The molecule has 0 aliphatic carbocycles. The lowest BCUT2D eigenvalue weighted by molar-refractivity contribution is -0.158. The van der Waals surface area contributed by atoms with Gasteiger partial charge in [0.2, 0.25) is 11.8 Å². The number of hydrogen-bond donors (Lipinski definition) is 2. The normalized spacial score (nSPS) is 13.9. The minimum Gasteiger partial charge on any atom is -0.460 e. The number of carbonyl (C=O) groups is 10. The molecule has 0 radical (unpaired) electrons. The second-order valence-electron chi connectivity index (χ2n) is 14.7. The summed E-state index contributed by atoms with van der Waals surface area (Å²) in [5, 5.41) is 16.4. The zero-order valence-electron chi connectivity index (χ0n) is 41.7. The van der Waals surface area contributed by atoms with Crippen molar-refractivity contribution in [1.82, 2.24) is 9.80 Å². The van der Waals surface area contributed by atoms with Crippen molar-refractivity contribution in [3.63, 3.8) is 0 Å². The summed E-state index contributed by atoms with van der Waals surface area (Å²) in [6.45, 7) is 24.8. The first-order valence-corrected chi connectivity index (χ1v) is 23.0. The van der Waals surface area contributed by atoms with Crippen molar-refractivity contribution in [3.05, 3.63) is 75.4 Å².